The van der Waals surface area contributed by atoms with Gasteiger partial charge < -0.3 is 0 Å². The molecule has 0 aliphatic rings. The van der Waals surface area contributed by atoms with Crippen molar-refractivity contribution in [2.24, 2.45) is 5.92 Å². The van der Waals surface area contributed by atoms with Crippen LogP contribution >= 0.6 is 15.9 Å². The monoisotopic (exact) mass is 321 g/mol. The molecule has 1 rings (SSSR count). The molecule has 1 aromatic rings. The van der Waals surface area contributed by atoms with Gasteiger partial charge in [0.05, 0.1) is 11.5 Å². The third-order valence-corrected chi connectivity index (χ3v) is 4.15. The largest absolute Gasteiger partial charge is 0.287 e. The van der Waals surface area contributed by atoms with E-state index >= 15 is 0 Å². The molecular formula is C11H16BrNO3S. The molecule has 1 aromatic carbocycles. The van der Waals surface area contributed by atoms with Gasteiger partial charge in [0, 0.05) is 4.47 Å². The van der Waals surface area contributed by atoms with Gasteiger partial charge in [-0.1, -0.05) is 24.8 Å². The standard InChI is InChI=1S/C11H16BrNO3S/c1-8(2)7-16-13-17(14,15)11-5-4-9(3)6-10(11)12/h4-6,8,13H,7H2,1-3H3. The van der Waals surface area contributed by atoms with E-state index in [1.807, 2.05) is 20.8 Å². The summed E-state index contributed by atoms with van der Waals surface area (Å²) in [5.41, 5.74) is 0.985. The predicted molar refractivity (Wildman–Crippen MR) is 70.0 cm³/mol. The third kappa shape index (κ3) is 4.39. The first-order valence-electron chi connectivity index (χ1n) is 5.22. The lowest BCUT2D eigenvalue weighted by atomic mass is 10.2. The Hall–Kier alpha value is -0.430. The Labute approximate surface area is 111 Å². The highest BCUT2D eigenvalue weighted by Gasteiger charge is 2.17. The minimum atomic E-state index is -3.62. The smallest absolute Gasteiger partial charge is 0.263 e. The van der Waals surface area contributed by atoms with Crippen LogP contribution in [0.4, 0.5) is 0 Å². The van der Waals surface area contributed by atoms with Gasteiger partial charge in [-0.15, -0.1) is 0 Å². The van der Waals surface area contributed by atoms with Crippen LogP contribution in [-0.2, 0) is 14.9 Å². The molecule has 0 fully saturated rings. The second-order valence-electron chi connectivity index (χ2n) is 4.23. The molecule has 4 nitrogen and oxygen atoms in total. The molecule has 0 radical (unpaired) electrons. The summed E-state index contributed by atoms with van der Waals surface area (Å²) in [4.78, 5) is 7.22. The van der Waals surface area contributed by atoms with Crippen LogP contribution < -0.4 is 4.89 Å². The lowest BCUT2D eigenvalue weighted by Crippen LogP contribution is -2.26. The molecule has 0 saturated heterocycles. The van der Waals surface area contributed by atoms with E-state index in [1.165, 1.54) is 0 Å². The topological polar surface area (TPSA) is 55.4 Å². The molecule has 0 atom stereocenters. The number of rotatable bonds is 5. The van der Waals surface area contributed by atoms with Gasteiger partial charge >= 0.3 is 0 Å². The zero-order valence-corrected chi connectivity index (χ0v) is 12.4. The van der Waals surface area contributed by atoms with Gasteiger partial charge in [-0.3, -0.25) is 4.84 Å². The summed E-state index contributed by atoms with van der Waals surface area (Å²) in [5.74, 6) is 0.263. The van der Waals surface area contributed by atoms with Gasteiger partial charge in [-0.05, 0) is 46.5 Å². The highest BCUT2D eigenvalue weighted by Crippen LogP contribution is 2.22. The summed E-state index contributed by atoms with van der Waals surface area (Å²) in [5, 5.41) is 0. The normalized spacial score (nSPS) is 12.1. The van der Waals surface area contributed by atoms with Crippen LogP contribution in [0.3, 0.4) is 0 Å². The summed E-state index contributed by atoms with van der Waals surface area (Å²) in [6.07, 6.45) is 0. The predicted octanol–water partition coefficient (Wildman–Crippen LogP) is 2.62. The first-order valence-corrected chi connectivity index (χ1v) is 7.50. The van der Waals surface area contributed by atoms with Crippen molar-refractivity contribution in [3.05, 3.63) is 28.2 Å². The number of hydrogen-bond donors (Lipinski definition) is 1. The van der Waals surface area contributed by atoms with E-state index in [2.05, 4.69) is 20.8 Å². The third-order valence-electron chi connectivity index (χ3n) is 1.96. The summed E-state index contributed by atoms with van der Waals surface area (Å²) >= 11 is 3.23. The number of sulfonamides is 1. The van der Waals surface area contributed by atoms with Gasteiger partial charge in [0.2, 0.25) is 0 Å². The zero-order valence-electron chi connectivity index (χ0n) is 10.0. The average Bonchev–Trinajstić information content (AvgIpc) is 2.15. The van der Waals surface area contributed by atoms with Crippen LogP contribution in [0.5, 0.6) is 0 Å². The maximum absolute atomic E-state index is 11.9. The molecule has 0 spiro atoms. The molecule has 6 heteroatoms. The minimum Gasteiger partial charge on any atom is -0.287 e. The van der Waals surface area contributed by atoms with E-state index in [1.54, 1.807) is 18.2 Å². The van der Waals surface area contributed by atoms with Crippen molar-refractivity contribution in [3.8, 4) is 0 Å². The number of benzene rings is 1. The zero-order chi connectivity index (χ0) is 13.1. The summed E-state index contributed by atoms with van der Waals surface area (Å²) in [6, 6.07) is 5.03. The van der Waals surface area contributed by atoms with E-state index in [4.69, 9.17) is 4.84 Å². The second-order valence-corrected chi connectivity index (χ2v) is 6.69. The van der Waals surface area contributed by atoms with Gasteiger partial charge in [0.25, 0.3) is 10.0 Å². The molecule has 96 valence electrons. The lowest BCUT2D eigenvalue weighted by Gasteiger charge is -2.10. The molecule has 0 heterocycles. The molecule has 0 aromatic heterocycles. The van der Waals surface area contributed by atoms with E-state index in [-0.39, 0.29) is 10.8 Å². The number of hydrogen-bond acceptors (Lipinski definition) is 3. The van der Waals surface area contributed by atoms with Crippen molar-refractivity contribution < 1.29 is 13.3 Å². The Balaban J connectivity index is 2.83. The Morgan fingerprint density at radius 1 is 1.41 bits per heavy atom. The quantitative estimate of drug-likeness (QED) is 0.848. The Morgan fingerprint density at radius 2 is 2.06 bits per heavy atom. The van der Waals surface area contributed by atoms with Crippen molar-refractivity contribution in [1.82, 2.24) is 4.89 Å². The fraction of sp³-hybridized carbons (Fsp3) is 0.455. The molecule has 17 heavy (non-hydrogen) atoms. The van der Waals surface area contributed by atoms with Crippen LogP contribution in [0.15, 0.2) is 27.6 Å². The molecule has 0 aliphatic heterocycles. The molecular weight excluding hydrogens is 306 g/mol. The number of aryl methyl sites for hydroxylation is 1. The first-order chi connectivity index (χ1) is 7.83. The highest BCUT2D eigenvalue weighted by molar-refractivity contribution is 9.10. The second kappa shape index (κ2) is 5.95. The van der Waals surface area contributed by atoms with Gasteiger partial charge in [-0.25, -0.2) is 8.42 Å². The summed E-state index contributed by atoms with van der Waals surface area (Å²) < 4.78 is 24.3. The fourth-order valence-corrected chi connectivity index (χ4v) is 3.16. The maximum Gasteiger partial charge on any atom is 0.263 e. The summed E-state index contributed by atoms with van der Waals surface area (Å²) in [7, 11) is -3.62. The molecule has 0 saturated carbocycles. The van der Waals surface area contributed by atoms with Crippen molar-refractivity contribution in [1.29, 1.82) is 0 Å². The number of halogens is 1. The Morgan fingerprint density at radius 3 is 2.59 bits per heavy atom. The van der Waals surface area contributed by atoms with E-state index in [0.717, 1.165) is 5.56 Å². The molecule has 1 N–H and O–H groups in total. The van der Waals surface area contributed by atoms with Gasteiger partial charge in [0.15, 0.2) is 0 Å². The summed E-state index contributed by atoms with van der Waals surface area (Å²) in [6.45, 7) is 6.11. The molecule has 0 bridgehead atoms. The van der Waals surface area contributed by atoms with Gasteiger partial charge in [-0.2, -0.15) is 0 Å². The Kier molecular flexibility index (Phi) is 5.12. The van der Waals surface area contributed by atoms with Crippen molar-refractivity contribution in [2.45, 2.75) is 25.7 Å². The molecule has 0 unspecified atom stereocenters. The fourth-order valence-electron chi connectivity index (χ4n) is 1.15. The average molecular weight is 322 g/mol. The van der Waals surface area contributed by atoms with Crippen molar-refractivity contribution in [3.63, 3.8) is 0 Å². The first kappa shape index (κ1) is 14.6. The maximum atomic E-state index is 11.9. The van der Waals surface area contributed by atoms with E-state index < -0.39 is 10.0 Å². The van der Waals surface area contributed by atoms with Crippen LogP contribution in [0.2, 0.25) is 0 Å². The van der Waals surface area contributed by atoms with Crippen molar-refractivity contribution in [2.75, 3.05) is 6.61 Å². The van der Waals surface area contributed by atoms with Gasteiger partial charge in [0.1, 0.15) is 0 Å². The van der Waals surface area contributed by atoms with E-state index in [0.29, 0.717) is 11.1 Å². The molecule has 0 amide bonds. The van der Waals surface area contributed by atoms with Crippen LogP contribution in [0.1, 0.15) is 19.4 Å². The highest BCUT2D eigenvalue weighted by atomic mass is 79.9. The SMILES string of the molecule is Cc1ccc(S(=O)(=O)NOCC(C)C)c(Br)c1. The minimum absolute atomic E-state index is 0.173. The molecule has 0 aliphatic carbocycles. The van der Waals surface area contributed by atoms with Crippen LogP contribution in [-0.4, -0.2) is 15.0 Å². The van der Waals surface area contributed by atoms with Crippen LogP contribution in [0, 0.1) is 12.8 Å². The van der Waals surface area contributed by atoms with Crippen LogP contribution in [0.25, 0.3) is 0 Å². The lowest BCUT2D eigenvalue weighted by molar-refractivity contribution is 0.0718. The van der Waals surface area contributed by atoms with Crippen molar-refractivity contribution >= 4 is 26.0 Å². The number of nitrogens with one attached hydrogen (secondary N) is 1. The Bertz CT molecular complexity index is 485. The van der Waals surface area contributed by atoms with E-state index in [9.17, 15) is 8.42 Å².